The third-order valence-electron chi connectivity index (χ3n) is 2.01. The van der Waals surface area contributed by atoms with Gasteiger partial charge in [-0.25, -0.2) is 0 Å². The molecule has 0 aliphatic rings. The second kappa shape index (κ2) is 6.37. The van der Waals surface area contributed by atoms with Crippen molar-refractivity contribution in [2.24, 2.45) is 0 Å². The van der Waals surface area contributed by atoms with Crippen molar-refractivity contribution in [3.8, 4) is 6.01 Å². The van der Waals surface area contributed by atoms with Crippen molar-refractivity contribution >= 4 is 23.7 Å². The summed E-state index contributed by atoms with van der Waals surface area (Å²) in [4.78, 5) is 11.9. The van der Waals surface area contributed by atoms with Crippen LogP contribution in [-0.2, 0) is 0 Å². The van der Waals surface area contributed by atoms with Crippen molar-refractivity contribution < 1.29 is 4.74 Å². The Labute approximate surface area is 99.4 Å². The zero-order chi connectivity index (χ0) is 12.0. The summed E-state index contributed by atoms with van der Waals surface area (Å²) in [5.41, 5.74) is 5.54. The fourth-order valence-corrected chi connectivity index (χ4v) is 1.89. The smallest absolute Gasteiger partial charge is 0.322 e. The third-order valence-corrected chi connectivity index (χ3v) is 2.74. The molecule has 6 nitrogen and oxygen atoms in total. The number of methoxy groups -OCH3 is 1. The van der Waals surface area contributed by atoms with Gasteiger partial charge in [-0.05, 0) is 12.7 Å². The molecule has 0 aliphatic carbocycles. The van der Waals surface area contributed by atoms with Crippen LogP contribution in [0.5, 0.6) is 6.01 Å². The lowest BCUT2D eigenvalue weighted by Gasteiger charge is -2.15. The van der Waals surface area contributed by atoms with Crippen molar-refractivity contribution in [2.75, 3.05) is 30.2 Å². The lowest BCUT2D eigenvalue weighted by atomic mass is 10.3. The van der Waals surface area contributed by atoms with E-state index in [-0.39, 0.29) is 12.0 Å². The highest BCUT2D eigenvalue weighted by Crippen LogP contribution is 2.11. The number of hydrogen-bond donors (Lipinski definition) is 2. The Morgan fingerprint density at radius 3 is 2.75 bits per heavy atom. The second-order valence-electron chi connectivity index (χ2n) is 3.21. The molecule has 0 spiro atoms. The van der Waals surface area contributed by atoms with E-state index in [2.05, 4.69) is 33.4 Å². The Morgan fingerprint density at radius 2 is 2.19 bits per heavy atom. The van der Waals surface area contributed by atoms with Crippen molar-refractivity contribution in [1.29, 1.82) is 0 Å². The molecule has 1 heterocycles. The minimum Gasteiger partial charge on any atom is -0.467 e. The largest absolute Gasteiger partial charge is 0.467 e. The SMILES string of the molecule is CCC(CSC)Nc1nc(N)nc(OC)n1. The molecule has 1 aromatic heterocycles. The zero-order valence-electron chi connectivity index (χ0n) is 9.73. The van der Waals surface area contributed by atoms with Gasteiger partial charge in [-0.15, -0.1) is 0 Å². The van der Waals surface area contributed by atoms with Gasteiger partial charge in [0.2, 0.25) is 11.9 Å². The molecule has 0 amide bonds. The van der Waals surface area contributed by atoms with E-state index in [1.54, 1.807) is 11.8 Å². The molecule has 16 heavy (non-hydrogen) atoms. The van der Waals surface area contributed by atoms with E-state index in [1.807, 2.05) is 0 Å². The minimum absolute atomic E-state index is 0.161. The normalized spacial score (nSPS) is 12.2. The Bertz CT molecular complexity index is 336. The molecule has 7 heteroatoms. The maximum atomic E-state index is 5.54. The first-order valence-electron chi connectivity index (χ1n) is 5.00. The van der Waals surface area contributed by atoms with Crippen LogP contribution in [-0.4, -0.2) is 40.1 Å². The van der Waals surface area contributed by atoms with Gasteiger partial charge < -0.3 is 15.8 Å². The summed E-state index contributed by atoms with van der Waals surface area (Å²) in [6, 6.07) is 0.551. The first-order valence-corrected chi connectivity index (χ1v) is 6.40. The van der Waals surface area contributed by atoms with E-state index in [4.69, 9.17) is 10.5 Å². The first kappa shape index (κ1) is 12.8. The molecule has 1 atom stereocenters. The van der Waals surface area contributed by atoms with Crippen molar-refractivity contribution in [2.45, 2.75) is 19.4 Å². The predicted octanol–water partition coefficient (Wildman–Crippen LogP) is 1.02. The highest BCUT2D eigenvalue weighted by atomic mass is 32.2. The van der Waals surface area contributed by atoms with E-state index < -0.39 is 0 Å². The number of nitrogen functional groups attached to an aromatic ring is 1. The van der Waals surface area contributed by atoms with Gasteiger partial charge in [-0.1, -0.05) is 6.92 Å². The molecule has 0 radical (unpaired) electrons. The number of ether oxygens (including phenoxy) is 1. The fourth-order valence-electron chi connectivity index (χ4n) is 1.17. The van der Waals surface area contributed by atoms with E-state index >= 15 is 0 Å². The van der Waals surface area contributed by atoms with Crippen LogP contribution < -0.4 is 15.8 Å². The molecule has 0 saturated heterocycles. The first-order chi connectivity index (χ1) is 7.69. The van der Waals surface area contributed by atoms with Gasteiger partial charge in [-0.3, -0.25) is 0 Å². The van der Waals surface area contributed by atoms with Crippen molar-refractivity contribution in [3.05, 3.63) is 0 Å². The highest BCUT2D eigenvalue weighted by Gasteiger charge is 2.09. The zero-order valence-corrected chi connectivity index (χ0v) is 10.5. The molecular formula is C9H17N5OS. The van der Waals surface area contributed by atoms with Crippen molar-refractivity contribution in [1.82, 2.24) is 15.0 Å². The summed E-state index contributed by atoms with van der Waals surface area (Å²) in [6.07, 6.45) is 3.06. The van der Waals surface area contributed by atoms with Gasteiger partial charge in [0, 0.05) is 11.8 Å². The Kier molecular flexibility index (Phi) is 5.10. The van der Waals surface area contributed by atoms with Crippen LogP contribution in [0.2, 0.25) is 0 Å². The maximum absolute atomic E-state index is 5.54. The minimum atomic E-state index is 0.161. The standard InChI is InChI=1S/C9H17N5OS/c1-4-6(5-16-3)11-8-12-7(10)13-9(14-8)15-2/h6H,4-5H2,1-3H3,(H3,10,11,12,13,14). The third kappa shape index (κ3) is 3.73. The molecule has 1 aromatic rings. The van der Waals surface area contributed by atoms with Gasteiger partial charge in [0.25, 0.3) is 0 Å². The number of hydrogen-bond acceptors (Lipinski definition) is 7. The molecule has 0 fully saturated rings. The van der Waals surface area contributed by atoms with Crippen LogP contribution in [0.3, 0.4) is 0 Å². The summed E-state index contributed by atoms with van der Waals surface area (Å²) >= 11 is 1.77. The molecular weight excluding hydrogens is 226 g/mol. The van der Waals surface area contributed by atoms with Crippen LogP contribution in [0.1, 0.15) is 13.3 Å². The molecule has 3 N–H and O–H groups in total. The quantitative estimate of drug-likeness (QED) is 0.771. The molecule has 90 valence electrons. The summed E-state index contributed by atoms with van der Waals surface area (Å²) in [6.45, 7) is 2.11. The van der Waals surface area contributed by atoms with Gasteiger partial charge in [0.1, 0.15) is 0 Å². The highest BCUT2D eigenvalue weighted by molar-refractivity contribution is 7.98. The van der Waals surface area contributed by atoms with Crippen LogP contribution in [0.25, 0.3) is 0 Å². The van der Waals surface area contributed by atoms with Crippen LogP contribution >= 0.6 is 11.8 Å². The van der Waals surface area contributed by atoms with E-state index in [9.17, 15) is 0 Å². The van der Waals surface area contributed by atoms with E-state index in [0.717, 1.165) is 12.2 Å². The molecule has 0 aromatic carbocycles. The lowest BCUT2D eigenvalue weighted by molar-refractivity contribution is 0.379. The molecule has 1 unspecified atom stereocenters. The van der Waals surface area contributed by atoms with Gasteiger partial charge in [0.05, 0.1) is 7.11 Å². The number of anilines is 2. The number of rotatable bonds is 6. The number of thioether (sulfide) groups is 1. The van der Waals surface area contributed by atoms with Crippen LogP contribution in [0.15, 0.2) is 0 Å². The Morgan fingerprint density at radius 1 is 1.44 bits per heavy atom. The summed E-state index contributed by atoms with van der Waals surface area (Å²) in [5, 5.41) is 3.20. The number of nitrogens with zero attached hydrogens (tertiary/aromatic N) is 3. The van der Waals surface area contributed by atoms with Crippen molar-refractivity contribution in [3.63, 3.8) is 0 Å². The summed E-state index contributed by atoms with van der Waals surface area (Å²) in [7, 11) is 1.50. The fraction of sp³-hybridized carbons (Fsp3) is 0.667. The van der Waals surface area contributed by atoms with Gasteiger partial charge in [-0.2, -0.15) is 26.7 Å². The average molecular weight is 243 g/mol. The topological polar surface area (TPSA) is 86.0 Å². The lowest BCUT2D eigenvalue weighted by Crippen LogP contribution is -2.23. The van der Waals surface area contributed by atoms with Crippen LogP contribution in [0.4, 0.5) is 11.9 Å². The summed E-state index contributed by atoms with van der Waals surface area (Å²) < 4.78 is 4.92. The Hall–Kier alpha value is -1.24. The average Bonchev–Trinajstić information content (AvgIpc) is 2.27. The Balaban J connectivity index is 2.74. The number of nitrogens with two attached hydrogens (primary N) is 1. The second-order valence-corrected chi connectivity index (χ2v) is 4.12. The summed E-state index contributed by atoms with van der Waals surface area (Å²) in [5.74, 6) is 1.61. The van der Waals surface area contributed by atoms with Gasteiger partial charge >= 0.3 is 6.01 Å². The maximum Gasteiger partial charge on any atom is 0.322 e. The van der Waals surface area contributed by atoms with Gasteiger partial charge in [0.15, 0.2) is 0 Å². The van der Waals surface area contributed by atoms with E-state index in [0.29, 0.717) is 12.0 Å². The molecule has 0 bridgehead atoms. The monoisotopic (exact) mass is 243 g/mol. The molecule has 1 rings (SSSR count). The molecule has 0 saturated carbocycles. The predicted molar refractivity (Wildman–Crippen MR) is 66.9 cm³/mol. The van der Waals surface area contributed by atoms with Crippen LogP contribution in [0, 0.1) is 0 Å². The molecule has 0 aliphatic heterocycles. The van der Waals surface area contributed by atoms with E-state index in [1.165, 1.54) is 7.11 Å². The number of aromatic nitrogens is 3. The number of nitrogens with one attached hydrogen (secondary N) is 1.